The molecule has 1 aromatic heterocycles. The molecule has 2 atom stereocenters. The molecule has 1 fully saturated rings. The van der Waals surface area contributed by atoms with Crippen LogP contribution in [0.1, 0.15) is 28.3 Å². The molecule has 0 radical (unpaired) electrons. The summed E-state index contributed by atoms with van der Waals surface area (Å²) in [7, 11) is -3.49. The lowest BCUT2D eigenvalue weighted by molar-refractivity contribution is 0.579. The molecule has 21 heavy (non-hydrogen) atoms. The number of aryl methyl sites for hydroxylation is 1. The zero-order chi connectivity index (χ0) is 15.0. The molecule has 112 valence electrons. The van der Waals surface area contributed by atoms with Gasteiger partial charge < -0.3 is 5.73 Å². The van der Waals surface area contributed by atoms with Gasteiger partial charge in [-0.25, -0.2) is 13.1 Å². The molecule has 3 N–H and O–H groups in total. The van der Waals surface area contributed by atoms with Crippen LogP contribution in [-0.2, 0) is 16.6 Å². The Kier molecular flexibility index (Phi) is 3.88. The van der Waals surface area contributed by atoms with Crippen LogP contribution in [0, 0.1) is 6.92 Å². The van der Waals surface area contributed by atoms with E-state index >= 15 is 0 Å². The van der Waals surface area contributed by atoms with Crippen molar-refractivity contribution >= 4 is 21.4 Å². The molecule has 0 saturated heterocycles. The van der Waals surface area contributed by atoms with E-state index in [0.717, 1.165) is 16.9 Å². The third-order valence-electron chi connectivity index (χ3n) is 3.77. The standard InChI is InChI=1S/C15H18N2O2S2/c1-10-9-20-14(8-16)15(10)21(18,19)17-13-7-12(13)11-5-3-2-4-6-11/h2-6,9,12-13,17H,7-8,16H2,1H3. The number of hydrogen-bond donors (Lipinski definition) is 2. The minimum atomic E-state index is -3.49. The highest BCUT2D eigenvalue weighted by molar-refractivity contribution is 7.89. The second-order valence-corrected chi connectivity index (χ2v) is 7.97. The van der Waals surface area contributed by atoms with Crippen molar-refractivity contribution < 1.29 is 8.42 Å². The number of thiophene rings is 1. The molecule has 0 bridgehead atoms. The minimum absolute atomic E-state index is 0.0117. The fourth-order valence-corrected chi connectivity index (χ4v) is 5.63. The maximum Gasteiger partial charge on any atom is 0.242 e. The fourth-order valence-electron chi connectivity index (χ4n) is 2.64. The highest BCUT2D eigenvalue weighted by Crippen LogP contribution is 2.42. The van der Waals surface area contributed by atoms with Crippen molar-refractivity contribution in [2.75, 3.05) is 0 Å². The van der Waals surface area contributed by atoms with E-state index < -0.39 is 10.0 Å². The summed E-state index contributed by atoms with van der Waals surface area (Å²) in [6, 6.07) is 10.00. The SMILES string of the molecule is Cc1csc(CN)c1S(=O)(=O)NC1CC1c1ccccc1. The number of sulfonamides is 1. The van der Waals surface area contributed by atoms with E-state index in [1.807, 2.05) is 42.6 Å². The highest BCUT2D eigenvalue weighted by Gasteiger charge is 2.41. The first kappa shape index (κ1) is 14.7. The number of nitrogens with one attached hydrogen (secondary N) is 1. The van der Waals surface area contributed by atoms with E-state index in [1.165, 1.54) is 16.9 Å². The van der Waals surface area contributed by atoms with Gasteiger partial charge in [-0.3, -0.25) is 0 Å². The van der Waals surface area contributed by atoms with E-state index in [4.69, 9.17) is 5.73 Å². The molecule has 2 aromatic rings. The van der Waals surface area contributed by atoms with E-state index in [2.05, 4.69) is 4.72 Å². The smallest absolute Gasteiger partial charge is 0.242 e. The van der Waals surface area contributed by atoms with Crippen molar-refractivity contribution in [3.05, 3.63) is 51.7 Å². The molecule has 0 spiro atoms. The first-order valence-electron chi connectivity index (χ1n) is 6.87. The van der Waals surface area contributed by atoms with Gasteiger partial charge in [0, 0.05) is 23.4 Å². The predicted octanol–water partition coefficient (Wildman–Crippen LogP) is 2.35. The second kappa shape index (κ2) is 5.53. The molecule has 0 amide bonds. The van der Waals surface area contributed by atoms with Crippen LogP contribution in [0.15, 0.2) is 40.6 Å². The van der Waals surface area contributed by atoms with Crippen molar-refractivity contribution in [3.63, 3.8) is 0 Å². The molecule has 1 aromatic carbocycles. The predicted molar refractivity (Wildman–Crippen MR) is 84.9 cm³/mol. The normalized spacial score (nSPS) is 21.4. The summed E-state index contributed by atoms with van der Waals surface area (Å²) in [6.07, 6.45) is 0.852. The van der Waals surface area contributed by atoms with Gasteiger partial charge in [0.05, 0.1) is 0 Å². The zero-order valence-corrected chi connectivity index (χ0v) is 13.4. The van der Waals surface area contributed by atoms with Crippen molar-refractivity contribution in [3.8, 4) is 0 Å². The number of hydrogen-bond acceptors (Lipinski definition) is 4. The van der Waals surface area contributed by atoms with Gasteiger partial charge in [-0.2, -0.15) is 0 Å². The van der Waals surface area contributed by atoms with Crippen molar-refractivity contribution in [1.82, 2.24) is 4.72 Å². The molecule has 1 aliphatic rings. The van der Waals surface area contributed by atoms with Crippen LogP contribution >= 0.6 is 11.3 Å². The van der Waals surface area contributed by atoms with Gasteiger partial charge in [0.15, 0.2) is 0 Å². The van der Waals surface area contributed by atoms with E-state index in [0.29, 0.717) is 4.90 Å². The highest BCUT2D eigenvalue weighted by atomic mass is 32.2. The Balaban J connectivity index is 1.78. The molecule has 4 nitrogen and oxygen atoms in total. The third kappa shape index (κ3) is 2.89. The van der Waals surface area contributed by atoms with Gasteiger partial charge in [0.1, 0.15) is 4.90 Å². The van der Waals surface area contributed by atoms with Crippen molar-refractivity contribution in [1.29, 1.82) is 0 Å². The minimum Gasteiger partial charge on any atom is -0.326 e. The summed E-state index contributed by atoms with van der Waals surface area (Å²) in [5.41, 5.74) is 7.60. The topological polar surface area (TPSA) is 72.2 Å². The number of nitrogens with two attached hydrogens (primary N) is 1. The van der Waals surface area contributed by atoms with Gasteiger partial charge >= 0.3 is 0 Å². The lowest BCUT2D eigenvalue weighted by Crippen LogP contribution is -2.28. The largest absolute Gasteiger partial charge is 0.326 e. The van der Waals surface area contributed by atoms with Crippen LogP contribution in [0.25, 0.3) is 0 Å². The van der Waals surface area contributed by atoms with Gasteiger partial charge in [-0.1, -0.05) is 30.3 Å². The van der Waals surface area contributed by atoms with Crippen LogP contribution in [0.3, 0.4) is 0 Å². The maximum absolute atomic E-state index is 12.6. The zero-order valence-electron chi connectivity index (χ0n) is 11.7. The van der Waals surface area contributed by atoms with E-state index in [1.54, 1.807) is 0 Å². The quantitative estimate of drug-likeness (QED) is 0.887. The molecule has 6 heteroatoms. The van der Waals surface area contributed by atoms with Gasteiger partial charge in [-0.05, 0) is 29.9 Å². The first-order chi connectivity index (χ1) is 10.0. The molecular formula is C15H18N2O2S2. The molecule has 2 unspecified atom stereocenters. The maximum atomic E-state index is 12.6. The van der Waals surface area contributed by atoms with E-state index in [9.17, 15) is 8.42 Å². The summed E-state index contributed by atoms with van der Waals surface area (Å²) in [5.74, 6) is 0.279. The van der Waals surface area contributed by atoms with Crippen LogP contribution in [0.2, 0.25) is 0 Å². The van der Waals surface area contributed by atoms with Crippen LogP contribution < -0.4 is 10.5 Å². The van der Waals surface area contributed by atoms with Gasteiger partial charge in [-0.15, -0.1) is 11.3 Å². The lowest BCUT2D eigenvalue weighted by atomic mass is 10.1. The summed E-state index contributed by atoms with van der Waals surface area (Å²) in [4.78, 5) is 1.09. The monoisotopic (exact) mass is 322 g/mol. The van der Waals surface area contributed by atoms with Crippen molar-refractivity contribution in [2.45, 2.75) is 36.7 Å². The molecular weight excluding hydrogens is 304 g/mol. The average molecular weight is 322 g/mol. The van der Waals surface area contributed by atoms with Crippen molar-refractivity contribution in [2.24, 2.45) is 5.73 Å². The van der Waals surface area contributed by atoms with Crippen LogP contribution in [0.4, 0.5) is 0 Å². The number of benzene rings is 1. The average Bonchev–Trinajstić information content (AvgIpc) is 3.10. The Morgan fingerprint density at radius 1 is 1.33 bits per heavy atom. The molecule has 3 rings (SSSR count). The third-order valence-corrected chi connectivity index (χ3v) is 6.74. The van der Waals surface area contributed by atoms with E-state index in [-0.39, 0.29) is 18.5 Å². The number of rotatable bonds is 5. The van der Waals surface area contributed by atoms with Gasteiger partial charge in [0.25, 0.3) is 0 Å². The molecule has 1 saturated carbocycles. The molecule has 1 aliphatic carbocycles. The Labute approximate surface area is 129 Å². The lowest BCUT2D eigenvalue weighted by Gasteiger charge is -2.08. The van der Waals surface area contributed by atoms with Crippen LogP contribution in [0.5, 0.6) is 0 Å². The molecule has 1 heterocycles. The summed E-state index contributed by atoms with van der Waals surface area (Å²) in [6.45, 7) is 2.06. The summed E-state index contributed by atoms with van der Waals surface area (Å²) < 4.78 is 27.9. The Bertz CT molecular complexity index is 738. The van der Waals surface area contributed by atoms with Gasteiger partial charge in [0.2, 0.25) is 10.0 Å². The molecule has 0 aliphatic heterocycles. The Hall–Kier alpha value is -1.21. The Morgan fingerprint density at radius 3 is 2.71 bits per heavy atom. The fraction of sp³-hybridized carbons (Fsp3) is 0.333. The summed E-state index contributed by atoms with van der Waals surface area (Å²) in [5, 5.41) is 1.85. The Morgan fingerprint density at radius 2 is 2.05 bits per heavy atom. The van der Waals surface area contributed by atoms with Crippen LogP contribution in [-0.4, -0.2) is 14.5 Å². The second-order valence-electron chi connectivity index (χ2n) is 5.36. The summed E-state index contributed by atoms with van der Waals surface area (Å²) >= 11 is 1.40. The first-order valence-corrected chi connectivity index (χ1v) is 9.23.